The zero-order valence-corrected chi connectivity index (χ0v) is 12.0. The van der Waals surface area contributed by atoms with Crippen molar-refractivity contribution in [2.75, 3.05) is 0 Å². The van der Waals surface area contributed by atoms with Crippen molar-refractivity contribution in [1.82, 2.24) is 4.98 Å². The summed E-state index contributed by atoms with van der Waals surface area (Å²) >= 11 is 0. The second kappa shape index (κ2) is 4.94. The lowest BCUT2D eigenvalue weighted by molar-refractivity contribution is 0.00698. The lowest BCUT2D eigenvalue weighted by Gasteiger charge is -2.41. The largest absolute Gasteiger partial charge is 0.385 e. The van der Waals surface area contributed by atoms with Gasteiger partial charge in [0.25, 0.3) is 0 Å². The minimum atomic E-state index is -0.783. The van der Waals surface area contributed by atoms with Gasteiger partial charge < -0.3 is 5.11 Å². The van der Waals surface area contributed by atoms with Gasteiger partial charge in [-0.1, -0.05) is 19.9 Å². The van der Waals surface area contributed by atoms with Gasteiger partial charge in [-0.2, -0.15) is 5.26 Å². The Labute approximate surface area is 115 Å². The highest BCUT2D eigenvalue weighted by Crippen LogP contribution is 2.50. The van der Waals surface area contributed by atoms with E-state index in [0.717, 1.165) is 31.2 Å². The lowest BCUT2D eigenvalue weighted by Crippen LogP contribution is -2.35. The van der Waals surface area contributed by atoms with Crippen molar-refractivity contribution in [2.45, 2.75) is 52.6 Å². The fourth-order valence-corrected chi connectivity index (χ4v) is 2.74. The maximum atomic E-state index is 10.6. The first-order valence-corrected chi connectivity index (χ1v) is 6.90. The molecule has 0 aromatic carbocycles. The Kier molecular flexibility index (Phi) is 3.64. The van der Waals surface area contributed by atoms with Crippen LogP contribution >= 0.6 is 0 Å². The van der Waals surface area contributed by atoms with Crippen LogP contribution < -0.4 is 0 Å². The molecule has 3 heteroatoms. The zero-order valence-electron chi connectivity index (χ0n) is 12.0. The zero-order chi connectivity index (χ0) is 14.1. The number of nitrogens with zero attached hydrogens (tertiary/aromatic N) is 2. The van der Waals surface area contributed by atoms with Crippen LogP contribution in [0.25, 0.3) is 0 Å². The van der Waals surface area contributed by atoms with Crippen LogP contribution in [0.1, 0.15) is 56.9 Å². The Morgan fingerprint density at radius 2 is 1.89 bits per heavy atom. The monoisotopic (exact) mass is 258 g/mol. The van der Waals surface area contributed by atoms with Gasteiger partial charge in [0.1, 0.15) is 6.10 Å². The van der Waals surface area contributed by atoms with Crippen molar-refractivity contribution >= 4 is 0 Å². The minimum absolute atomic E-state index is 0.279. The van der Waals surface area contributed by atoms with Crippen molar-refractivity contribution in [3.8, 4) is 6.07 Å². The van der Waals surface area contributed by atoms with Gasteiger partial charge in [-0.3, -0.25) is 4.98 Å². The predicted molar refractivity (Wildman–Crippen MR) is 74.2 cm³/mol. The van der Waals surface area contributed by atoms with Crippen molar-refractivity contribution in [3.63, 3.8) is 0 Å². The Hall–Kier alpha value is -1.40. The summed E-state index contributed by atoms with van der Waals surface area (Å²) in [4.78, 5) is 4.28. The highest BCUT2D eigenvalue weighted by Gasteiger charge is 2.44. The third-order valence-corrected chi connectivity index (χ3v) is 4.46. The van der Waals surface area contributed by atoms with E-state index in [1.165, 1.54) is 0 Å². The van der Waals surface area contributed by atoms with E-state index >= 15 is 0 Å². The molecule has 1 fully saturated rings. The molecule has 2 rings (SSSR count). The molecular formula is C16H22N2O. The SMILES string of the molecule is Cc1ccc(C(O)C2(C#N)CCC(C)(C)CC2)nc1. The van der Waals surface area contributed by atoms with E-state index in [1.807, 2.05) is 19.1 Å². The molecule has 0 amide bonds. The second-order valence-electron chi connectivity index (χ2n) is 6.60. The third-order valence-electron chi connectivity index (χ3n) is 4.46. The average molecular weight is 258 g/mol. The molecule has 19 heavy (non-hydrogen) atoms. The van der Waals surface area contributed by atoms with Gasteiger partial charge in [-0.05, 0) is 49.7 Å². The molecule has 0 saturated heterocycles. The first-order chi connectivity index (χ1) is 8.88. The Balaban J connectivity index is 2.23. The van der Waals surface area contributed by atoms with Crippen LogP contribution in [0.2, 0.25) is 0 Å². The van der Waals surface area contributed by atoms with Gasteiger partial charge >= 0.3 is 0 Å². The summed E-state index contributed by atoms with van der Waals surface area (Å²) in [6.45, 7) is 6.42. The summed E-state index contributed by atoms with van der Waals surface area (Å²) < 4.78 is 0. The standard InChI is InChI=1S/C16H22N2O/c1-12-4-5-13(18-10-12)14(19)16(11-17)8-6-15(2,3)7-9-16/h4-5,10,14,19H,6-9H2,1-3H3. The number of aromatic nitrogens is 1. The van der Waals surface area contributed by atoms with E-state index in [2.05, 4.69) is 24.9 Å². The number of aryl methyl sites for hydroxylation is 1. The van der Waals surface area contributed by atoms with E-state index < -0.39 is 11.5 Å². The molecule has 1 atom stereocenters. The topological polar surface area (TPSA) is 56.9 Å². The van der Waals surface area contributed by atoms with E-state index in [4.69, 9.17) is 0 Å². The highest BCUT2D eigenvalue weighted by molar-refractivity contribution is 5.20. The number of aliphatic hydroxyl groups excluding tert-OH is 1. The van der Waals surface area contributed by atoms with Crippen LogP contribution in [-0.4, -0.2) is 10.1 Å². The molecular weight excluding hydrogens is 236 g/mol. The average Bonchev–Trinajstić information content (AvgIpc) is 2.40. The molecule has 3 nitrogen and oxygen atoms in total. The van der Waals surface area contributed by atoms with E-state index in [0.29, 0.717) is 5.69 Å². The Bertz CT molecular complexity index is 474. The maximum absolute atomic E-state index is 10.6. The quantitative estimate of drug-likeness (QED) is 0.882. The highest BCUT2D eigenvalue weighted by atomic mass is 16.3. The number of nitriles is 1. The molecule has 1 N–H and O–H groups in total. The molecule has 0 spiro atoms. The van der Waals surface area contributed by atoms with Crippen LogP contribution in [0, 0.1) is 29.1 Å². The van der Waals surface area contributed by atoms with Gasteiger partial charge in [-0.15, -0.1) is 0 Å². The van der Waals surface area contributed by atoms with Crippen molar-refractivity contribution in [2.24, 2.45) is 10.8 Å². The predicted octanol–water partition coefficient (Wildman–Crippen LogP) is 3.53. The summed E-state index contributed by atoms with van der Waals surface area (Å²) in [6.07, 6.45) is 4.40. The molecule has 1 aliphatic rings. The third kappa shape index (κ3) is 2.79. The second-order valence-corrected chi connectivity index (χ2v) is 6.60. The van der Waals surface area contributed by atoms with Gasteiger partial charge in [0.2, 0.25) is 0 Å². The number of hydrogen-bond acceptors (Lipinski definition) is 3. The smallest absolute Gasteiger partial charge is 0.114 e. The number of hydrogen-bond donors (Lipinski definition) is 1. The fraction of sp³-hybridized carbons (Fsp3) is 0.625. The van der Waals surface area contributed by atoms with Crippen LogP contribution in [0.15, 0.2) is 18.3 Å². The summed E-state index contributed by atoms with van der Waals surface area (Å²) in [5.74, 6) is 0. The van der Waals surface area contributed by atoms with Gasteiger partial charge in [0.05, 0.1) is 17.2 Å². The van der Waals surface area contributed by atoms with Crippen LogP contribution in [-0.2, 0) is 0 Å². The molecule has 1 unspecified atom stereocenters. The van der Waals surface area contributed by atoms with Gasteiger partial charge in [-0.25, -0.2) is 0 Å². The minimum Gasteiger partial charge on any atom is -0.385 e. The van der Waals surface area contributed by atoms with Crippen molar-refractivity contribution in [3.05, 3.63) is 29.6 Å². The molecule has 102 valence electrons. The van der Waals surface area contributed by atoms with Crippen LogP contribution in [0.4, 0.5) is 0 Å². The molecule has 1 aromatic rings. The molecule has 1 aromatic heterocycles. The van der Waals surface area contributed by atoms with Gasteiger partial charge in [0.15, 0.2) is 0 Å². The van der Waals surface area contributed by atoms with Crippen LogP contribution in [0.5, 0.6) is 0 Å². The van der Waals surface area contributed by atoms with Crippen molar-refractivity contribution in [1.29, 1.82) is 5.26 Å². The Morgan fingerprint density at radius 1 is 1.26 bits per heavy atom. The molecule has 1 heterocycles. The molecule has 0 radical (unpaired) electrons. The summed E-state index contributed by atoms with van der Waals surface area (Å²) in [5, 5.41) is 20.1. The Morgan fingerprint density at radius 3 is 2.37 bits per heavy atom. The number of pyridine rings is 1. The molecule has 0 aliphatic heterocycles. The molecule has 1 saturated carbocycles. The van der Waals surface area contributed by atoms with E-state index in [-0.39, 0.29) is 5.41 Å². The van der Waals surface area contributed by atoms with E-state index in [1.54, 1.807) is 6.20 Å². The van der Waals surface area contributed by atoms with Gasteiger partial charge in [0, 0.05) is 6.20 Å². The van der Waals surface area contributed by atoms with Crippen LogP contribution in [0.3, 0.4) is 0 Å². The summed E-state index contributed by atoms with van der Waals surface area (Å²) in [5.41, 5.74) is 1.29. The number of aliphatic hydroxyl groups is 1. The summed E-state index contributed by atoms with van der Waals surface area (Å²) in [7, 11) is 0. The lowest BCUT2D eigenvalue weighted by atomic mass is 9.63. The molecule has 0 bridgehead atoms. The first-order valence-electron chi connectivity index (χ1n) is 6.90. The van der Waals surface area contributed by atoms with Crippen molar-refractivity contribution < 1.29 is 5.11 Å². The summed E-state index contributed by atoms with van der Waals surface area (Å²) in [6, 6.07) is 6.14. The number of rotatable bonds is 2. The van der Waals surface area contributed by atoms with E-state index in [9.17, 15) is 10.4 Å². The normalized spacial score (nSPS) is 22.5. The maximum Gasteiger partial charge on any atom is 0.114 e. The first kappa shape index (κ1) is 14.0. The molecule has 1 aliphatic carbocycles. The fourth-order valence-electron chi connectivity index (χ4n) is 2.74.